The lowest BCUT2D eigenvalue weighted by Gasteiger charge is -2.31. The van der Waals surface area contributed by atoms with E-state index in [1.165, 1.54) is 25.7 Å². The average molecular weight is 293 g/mol. The van der Waals surface area contributed by atoms with Crippen LogP contribution in [0.1, 0.15) is 6.92 Å². The lowest BCUT2D eigenvalue weighted by Crippen LogP contribution is -3.12. The van der Waals surface area contributed by atoms with E-state index >= 15 is 0 Å². The summed E-state index contributed by atoms with van der Waals surface area (Å²) in [4.78, 5) is 14.9. The van der Waals surface area contributed by atoms with E-state index in [1.54, 1.807) is 4.90 Å². The number of benzene rings is 1. The van der Waals surface area contributed by atoms with Gasteiger partial charge in [-0.05, 0) is 36.5 Å². The molecule has 20 heavy (non-hydrogen) atoms. The van der Waals surface area contributed by atoms with Crippen LogP contribution in [0.25, 0.3) is 0 Å². The molecule has 1 fully saturated rings. The maximum absolute atomic E-state index is 10.9. The molecule has 1 saturated heterocycles. The molecule has 0 spiro atoms. The molecule has 1 aromatic carbocycles. The largest absolute Gasteiger partial charge is 0.360 e. The Bertz CT molecular complexity index is 480. The van der Waals surface area contributed by atoms with Crippen LogP contribution in [-0.2, 0) is 4.79 Å². The lowest BCUT2D eigenvalue weighted by molar-refractivity contribution is -0.880. The van der Waals surface area contributed by atoms with Crippen molar-refractivity contribution in [2.45, 2.75) is 6.92 Å². The lowest BCUT2D eigenvalue weighted by atomic mass is 10.2. The fraction of sp³-hybridized carbons (Fsp3) is 0.429. The number of hydrogen-bond acceptors (Lipinski definition) is 3. The summed E-state index contributed by atoms with van der Waals surface area (Å²) in [7, 11) is 2.23. The van der Waals surface area contributed by atoms with Crippen molar-refractivity contribution < 1.29 is 9.69 Å². The zero-order valence-electron chi connectivity index (χ0n) is 11.9. The van der Waals surface area contributed by atoms with Gasteiger partial charge in [-0.1, -0.05) is 0 Å². The number of carbonyl (C=O) groups is 1. The summed E-state index contributed by atoms with van der Waals surface area (Å²) >= 11 is 5.03. The number of carbonyl (C=O) groups excluding carboxylic acids is 1. The van der Waals surface area contributed by atoms with E-state index in [9.17, 15) is 4.79 Å². The molecule has 1 aliphatic heterocycles. The zero-order chi connectivity index (χ0) is 14.5. The number of anilines is 2. The van der Waals surface area contributed by atoms with E-state index in [-0.39, 0.29) is 5.91 Å². The molecule has 3 N–H and O–H groups in total. The topological polar surface area (TPSA) is 48.8 Å². The molecule has 0 saturated carbocycles. The van der Waals surface area contributed by atoms with Gasteiger partial charge in [-0.25, -0.2) is 0 Å². The van der Waals surface area contributed by atoms with E-state index in [2.05, 4.69) is 34.7 Å². The maximum Gasteiger partial charge on any atom is 0.222 e. The summed E-state index contributed by atoms with van der Waals surface area (Å²) in [5.74, 6) is -0.168. The van der Waals surface area contributed by atoms with Crippen LogP contribution in [-0.4, -0.2) is 44.2 Å². The van der Waals surface area contributed by atoms with Crippen molar-refractivity contribution >= 4 is 34.6 Å². The molecule has 0 atom stereocenters. The van der Waals surface area contributed by atoms with Gasteiger partial charge in [0.05, 0.1) is 33.2 Å². The van der Waals surface area contributed by atoms with Gasteiger partial charge in [-0.15, -0.1) is 0 Å². The van der Waals surface area contributed by atoms with Gasteiger partial charge in [0.1, 0.15) is 0 Å². The molecule has 0 unspecified atom stereocenters. The number of rotatable bonds is 2. The molecular weight excluding hydrogens is 272 g/mol. The fourth-order valence-corrected chi connectivity index (χ4v) is 2.49. The first-order chi connectivity index (χ1) is 9.54. The summed E-state index contributed by atoms with van der Waals surface area (Å²) in [6.45, 7) is 5.96. The molecule has 1 heterocycles. The van der Waals surface area contributed by atoms with Crippen LogP contribution in [0.3, 0.4) is 0 Å². The molecule has 0 aliphatic carbocycles. The second-order valence-electron chi connectivity index (χ2n) is 5.13. The van der Waals surface area contributed by atoms with Crippen molar-refractivity contribution in [2.75, 3.05) is 43.4 Å². The van der Waals surface area contributed by atoms with Crippen molar-refractivity contribution in [1.29, 1.82) is 0 Å². The van der Waals surface area contributed by atoms with Crippen LogP contribution >= 0.6 is 12.2 Å². The number of nitrogens with one attached hydrogen (secondary N) is 3. The summed E-state index contributed by atoms with van der Waals surface area (Å²) in [5.41, 5.74) is 2.11. The molecule has 2 rings (SSSR count). The van der Waals surface area contributed by atoms with Crippen LogP contribution in [0.2, 0.25) is 0 Å². The number of quaternary nitrogens is 1. The van der Waals surface area contributed by atoms with Gasteiger partial charge in [0.2, 0.25) is 5.91 Å². The molecule has 0 bridgehead atoms. The number of hydrogen-bond donors (Lipinski definition) is 3. The molecular formula is C14H21N4OS+. The van der Waals surface area contributed by atoms with Crippen molar-refractivity contribution in [1.82, 2.24) is 5.32 Å². The highest BCUT2D eigenvalue weighted by molar-refractivity contribution is 7.80. The van der Waals surface area contributed by atoms with Gasteiger partial charge in [0, 0.05) is 18.3 Å². The van der Waals surface area contributed by atoms with Crippen molar-refractivity contribution in [3.05, 3.63) is 24.3 Å². The Morgan fingerprint density at radius 2 is 1.85 bits per heavy atom. The highest BCUT2D eigenvalue weighted by Gasteiger charge is 2.16. The van der Waals surface area contributed by atoms with Crippen LogP contribution < -0.4 is 20.4 Å². The van der Waals surface area contributed by atoms with Crippen molar-refractivity contribution in [2.24, 2.45) is 0 Å². The molecule has 5 nitrogen and oxygen atoms in total. The number of likely N-dealkylation sites (N-methyl/N-ethyl adjacent to an activating group) is 1. The molecule has 6 heteroatoms. The second kappa shape index (κ2) is 6.67. The van der Waals surface area contributed by atoms with Crippen LogP contribution in [0.4, 0.5) is 11.4 Å². The Labute approximate surface area is 124 Å². The second-order valence-corrected chi connectivity index (χ2v) is 5.53. The Morgan fingerprint density at radius 1 is 1.25 bits per heavy atom. The van der Waals surface area contributed by atoms with E-state index in [0.29, 0.717) is 5.11 Å². The zero-order valence-corrected chi connectivity index (χ0v) is 12.7. The highest BCUT2D eigenvalue weighted by Crippen LogP contribution is 2.17. The number of nitrogens with zero attached hydrogens (tertiary/aromatic N) is 1. The maximum atomic E-state index is 10.9. The van der Waals surface area contributed by atoms with Gasteiger partial charge >= 0.3 is 0 Å². The summed E-state index contributed by atoms with van der Waals surface area (Å²) < 4.78 is 0. The smallest absolute Gasteiger partial charge is 0.222 e. The fourth-order valence-electron chi connectivity index (χ4n) is 2.22. The van der Waals surface area contributed by atoms with Crippen molar-refractivity contribution in [3.8, 4) is 0 Å². The molecule has 108 valence electrons. The first-order valence-corrected chi connectivity index (χ1v) is 7.20. The SMILES string of the molecule is CC(=O)NC(=S)Nc1ccc(N2CC[NH+](C)CC2)cc1. The van der Waals surface area contributed by atoms with Gasteiger partial charge in [0.15, 0.2) is 5.11 Å². The molecule has 1 aromatic rings. The quantitative estimate of drug-likeness (QED) is 0.664. The third kappa shape index (κ3) is 4.18. The third-order valence-corrected chi connectivity index (χ3v) is 3.60. The third-order valence-electron chi connectivity index (χ3n) is 3.40. The summed E-state index contributed by atoms with van der Waals surface area (Å²) in [6, 6.07) is 8.13. The molecule has 1 aliphatic rings. The van der Waals surface area contributed by atoms with Gasteiger partial charge in [-0.2, -0.15) is 0 Å². The minimum atomic E-state index is -0.168. The predicted octanol–water partition coefficient (Wildman–Crippen LogP) is -0.146. The normalized spacial score (nSPS) is 15.8. The summed E-state index contributed by atoms with van der Waals surface area (Å²) in [5, 5.41) is 5.86. The first-order valence-electron chi connectivity index (χ1n) is 6.79. The number of piperazine rings is 1. The van der Waals surface area contributed by atoms with Gasteiger partial charge in [-0.3, -0.25) is 4.79 Å². The Morgan fingerprint density at radius 3 is 2.40 bits per heavy atom. The van der Waals surface area contributed by atoms with E-state index in [0.717, 1.165) is 18.8 Å². The van der Waals surface area contributed by atoms with Gasteiger partial charge in [0.25, 0.3) is 0 Å². The highest BCUT2D eigenvalue weighted by atomic mass is 32.1. The predicted molar refractivity (Wildman–Crippen MR) is 85.3 cm³/mol. The Kier molecular flexibility index (Phi) is 4.92. The minimum absolute atomic E-state index is 0.168. The van der Waals surface area contributed by atoms with E-state index < -0.39 is 0 Å². The Balaban J connectivity index is 1.92. The van der Waals surface area contributed by atoms with Gasteiger partial charge < -0.3 is 20.4 Å². The molecule has 0 radical (unpaired) electrons. The van der Waals surface area contributed by atoms with Crippen LogP contribution in [0, 0.1) is 0 Å². The standard InChI is InChI=1S/C14H20N4OS/c1-11(19)15-14(20)16-12-3-5-13(6-4-12)18-9-7-17(2)8-10-18/h3-6H,7-10H2,1-2H3,(H2,15,16,19,20)/p+1. The number of amides is 1. The first kappa shape index (κ1) is 14.7. The minimum Gasteiger partial charge on any atom is -0.360 e. The summed E-state index contributed by atoms with van der Waals surface area (Å²) in [6.07, 6.45) is 0. The number of thiocarbonyl (C=S) groups is 1. The van der Waals surface area contributed by atoms with Crippen LogP contribution in [0.5, 0.6) is 0 Å². The molecule has 0 aromatic heterocycles. The van der Waals surface area contributed by atoms with Crippen LogP contribution in [0.15, 0.2) is 24.3 Å². The van der Waals surface area contributed by atoms with E-state index in [4.69, 9.17) is 12.2 Å². The average Bonchev–Trinajstić information content (AvgIpc) is 2.39. The van der Waals surface area contributed by atoms with E-state index in [1.807, 2.05) is 12.1 Å². The monoisotopic (exact) mass is 293 g/mol. The molecule has 1 amide bonds. The van der Waals surface area contributed by atoms with Crippen molar-refractivity contribution in [3.63, 3.8) is 0 Å². The Hall–Kier alpha value is -1.66.